The molecule has 0 spiro atoms. The maximum absolute atomic E-state index is 5.58. The van der Waals surface area contributed by atoms with Crippen molar-refractivity contribution in [2.24, 2.45) is 0 Å². The van der Waals surface area contributed by atoms with Gasteiger partial charge in [0.1, 0.15) is 5.75 Å². The van der Waals surface area contributed by atoms with E-state index < -0.39 is 0 Å². The van der Waals surface area contributed by atoms with Crippen LogP contribution < -0.4 is 10.1 Å². The Hall–Kier alpha value is -1.80. The summed E-state index contributed by atoms with van der Waals surface area (Å²) in [7, 11) is 0. The molecule has 0 unspecified atom stereocenters. The average molecular weight is 283 g/mol. The fraction of sp³-hybridized carbons (Fsp3) is 0.368. The van der Waals surface area contributed by atoms with E-state index in [9.17, 15) is 0 Å². The van der Waals surface area contributed by atoms with Crippen LogP contribution in [0.15, 0.2) is 48.5 Å². The van der Waals surface area contributed by atoms with Crippen molar-refractivity contribution in [1.82, 2.24) is 5.32 Å². The molecular weight excluding hydrogens is 258 g/mol. The third-order valence-electron chi connectivity index (χ3n) is 3.40. The Morgan fingerprint density at radius 1 is 1.00 bits per heavy atom. The lowest BCUT2D eigenvalue weighted by molar-refractivity contribution is 0.317. The van der Waals surface area contributed by atoms with Gasteiger partial charge in [0.2, 0.25) is 0 Å². The third-order valence-corrected chi connectivity index (χ3v) is 3.40. The Balaban J connectivity index is 1.71. The van der Waals surface area contributed by atoms with Crippen molar-refractivity contribution in [2.45, 2.75) is 33.2 Å². The highest BCUT2D eigenvalue weighted by atomic mass is 16.5. The van der Waals surface area contributed by atoms with E-state index in [1.54, 1.807) is 0 Å². The maximum atomic E-state index is 5.58. The van der Waals surface area contributed by atoms with Gasteiger partial charge in [0.15, 0.2) is 0 Å². The van der Waals surface area contributed by atoms with Gasteiger partial charge >= 0.3 is 0 Å². The first-order valence-corrected chi connectivity index (χ1v) is 7.76. The summed E-state index contributed by atoms with van der Waals surface area (Å²) in [5, 5.41) is 3.49. The van der Waals surface area contributed by atoms with Crippen LogP contribution in [0.4, 0.5) is 0 Å². The molecule has 0 heterocycles. The lowest BCUT2D eigenvalue weighted by atomic mass is 10.1. The van der Waals surface area contributed by atoms with E-state index in [0.717, 1.165) is 38.3 Å². The maximum Gasteiger partial charge on any atom is 0.119 e. The lowest BCUT2D eigenvalue weighted by Crippen LogP contribution is -2.16. The predicted molar refractivity (Wildman–Crippen MR) is 88.8 cm³/mol. The number of hydrogen-bond acceptors (Lipinski definition) is 2. The number of hydrogen-bond donors (Lipinski definition) is 1. The minimum Gasteiger partial charge on any atom is -0.494 e. The molecule has 2 aromatic rings. The zero-order valence-corrected chi connectivity index (χ0v) is 13.1. The van der Waals surface area contributed by atoms with Crippen molar-refractivity contribution >= 4 is 0 Å². The number of aryl methyl sites for hydroxylation is 1. The average Bonchev–Trinajstić information content (AvgIpc) is 2.51. The molecule has 0 aliphatic rings. The first-order valence-electron chi connectivity index (χ1n) is 7.76. The highest BCUT2D eigenvalue weighted by Crippen LogP contribution is 2.12. The van der Waals surface area contributed by atoms with Crippen molar-refractivity contribution < 1.29 is 4.74 Å². The quantitative estimate of drug-likeness (QED) is 0.736. The van der Waals surface area contributed by atoms with Gasteiger partial charge < -0.3 is 10.1 Å². The van der Waals surface area contributed by atoms with Gasteiger partial charge in [0.25, 0.3) is 0 Å². The molecule has 0 amide bonds. The summed E-state index contributed by atoms with van der Waals surface area (Å²) in [6.45, 7) is 6.94. The van der Waals surface area contributed by atoms with Gasteiger partial charge in [0, 0.05) is 6.54 Å². The minimum absolute atomic E-state index is 0.786. The summed E-state index contributed by atoms with van der Waals surface area (Å²) in [4.78, 5) is 0. The molecule has 0 aliphatic carbocycles. The van der Waals surface area contributed by atoms with E-state index in [1.165, 1.54) is 16.7 Å². The standard InChI is InChI=1S/C19H25NO/c1-3-13-21-19-9-7-18(8-10-19)15-20-12-11-17-6-4-5-16(2)14-17/h4-10,14,20H,3,11-13,15H2,1-2H3. The summed E-state index contributed by atoms with van der Waals surface area (Å²) in [5.41, 5.74) is 4.02. The van der Waals surface area contributed by atoms with Crippen LogP contribution in [0.3, 0.4) is 0 Å². The summed E-state index contributed by atoms with van der Waals surface area (Å²) < 4.78 is 5.58. The fourth-order valence-electron chi connectivity index (χ4n) is 2.26. The molecule has 0 atom stereocenters. The van der Waals surface area contributed by atoms with Crippen molar-refractivity contribution in [3.63, 3.8) is 0 Å². The molecule has 2 nitrogen and oxygen atoms in total. The molecule has 2 aromatic carbocycles. The number of benzene rings is 2. The van der Waals surface area contributed by atoms with Crippen molar-refractivity contribution in [3.8, 4) is 5.75 Å². The fourth-order valence-corrected chi connectivity index (χ4v) is 2.26. The van der Waals surface area contributed by atoms with E-state index in [-0.39, 0.29) is 0 Å². The summed E-state index contributed by atoms with van der Waals surface area (Å²) >= 11 is 0. The third kappa shape index (κ3) is 5.60. The number of nitrogens with one attached hydrogen (secondary N) is 1. The Bertz CT molecular complexity index is 534. The normalized spacial score (nSPS) is 10.6. The van der Waals surface area contributed by atoms with Crippen LogP contribution in [-0.4, -0.2) is 13.2 Å². The van der Waals surface area contributed by atoms with Crippen molar-refractivity contribution in [2.75, 3.05) is 13.2 Å². The number of ether oxygens (including phenoxy) is 1. The first kappa shape index (κ1) is 15.6. The molecule has 2 heteroatoms. The van der Waals surface area contributed by atoms with Gasteiger partial charge in [-0.1, -0.05) is 48.9 Å². The Labute approximate surface area is 128 Å². The molecule has 1 N–H and O–H groups in total. The van der Waals surface area contributed by atoms with E-state index in [4.69, 9.17) is 4.74 Å². The molecule has 0 fully saturated rings. The van der Waals surface area contributed by atoms with Crippen molar-refractivity contribution in [1.29, 1.82) is 0 Å². The Morgan fingerprint density at radius 2 is 1.81 bits per heavy atom. The summed E-state index contributed by atoms with van der Waals surface area (Å²) in [6.07, 6.45) is 2.11. The van der Waals surface area contributed by atoms with Crippen LogP contribution >= 0.6 is 0 Å². The van der Waals surface area contributed by atoms with Crippen LogP contribution in [0.5, 0.6) is 5.75 Å². The zero-order valence-electron chi connectivity index (χ0n) is 13.1. The van der Waals surface area contributed by atoms with Crippen LogP contribution in [-0.2, 0) is 13.0 Å². The second-order valence-corrected chi connectivity index (χ2v) is 5.41. The van der Waals surface area contributed by atoms with Gasteiger partial charge in [-0.3, -0.25) is 0 Å². The van der Waals surface area contributed by atoms with Crippen molar-refractivity contribution in [3.05, 3.63) is 65.2 Å². The van der Waals surface area contributed by atoms with Gasteiger partial charge in [0.05, 0.1) is 6.61 Å². The second-order valence-electron chi connectivity index (χ2n) is 5.41. The van der Waals surface area contributed by atoms with Gasteiger partial charge in [-0.05, 0) is 49.6 Å². The summed E-state index contributed by atoms with van der Waals surface area (Å²) in [5.74, 6) is 0.959. The SMILES string of the molecule is CCCOc1ccc(CNCCc2cccc(C)c2)cc1. The van der Waals surface area contributed by atoms with Gasteiger partial charge in [-0.2, -0.15) is 0 Å². The van der Waals surface area contributed by atoms with E-state index in [2.05, 4.69) is 55.6 Å². The monoisotopic (exact) mass is 283 g/mol. The van der Waals surface area contributed by atoms with Gasteiger partial charge in [-0.25, -0.2) is 0 Å². The Kier molecular flexibility index (Phi) is 6.29. The van der Waals surface area contributed by atoms with E-state index >= 15 is 0 Å². The van der Waals surface area contributed by atoms with Crippen LogP contribution in [0.2, 0.25) is 0 Å². The summed E-state index contributed by atoms with van der Waals surface area (Å²) in [6, 6.07) is 17.1. The van der Waals surface area contributed by atoms with E-state index in [0.29, 0.717) is 0 Å². The smallest absolute Gasteiger partial charge is 0.119 e. The molecule has 0 saturated heterocycles. The van der Waals surface area contributed by atoms with E-state index in [1.807, 2.05) is 12.1 Å². The first-order chi connectivity index (χ1) is 10.3. The van der Waals surface area contributed by atoms with Crippen LogP contribution in [0, 0.1) is 6.92 Å². The molecule has 0 radical (unpaired) electrons. The Morgan fingerprint density at radius 3 is 2.52 bits per heavy atom. The minimum atomic E-state index is 0.786. The largest absolute Gasteiger partial charge is 0.494 e. The molecule has 0 bridgehead atoms. The highest BCUT2D eigenvalue weighted by molar-refractivity contribution is 5.27. The topological polar surface area (TPSA) is 21.3 Å². The molecule has 0 aromatic heterocycles. The molecule has 0 saturated carbocycles. The molecule has 112 valence electrons. The molecule has 21 heavy (non-hydrogen) atoms. The van der Waals surface area contributed by atoms with Crippen LogP contribution in [0.25, 0.3) is 0 Å². The molecule has 2 rings (SSSR count). The second kappa shape index (κ2) is 8.48. The predicted octanol–water partition coefficient (Wildman–Crippen LogP) is 4.12. The lowest BCUT2D eigenvalue weighted by Gasteiger charge is -2.08. The molecular formula is C19H25NO. The van der Waals surface area contributed by atoms with Crippen LogP contribution in [0.1, 0.15) is 30.0 Å². The molecule has 0 aliphatic heterocycles. The van der Waals surface area contributed by atoms with Gasteiger partial charge in [-0.15, -0.1) is 0 Å². The highest BCUT2D eigenvalue weighted by Gasteiger charge is 1.97. The number of rotatable bonds is 8. The zero-order chi connectivity index (χ0) is 14.9.